The van der Waals surface area contributed by atoms with Crippen LogP contribution in [-0.2, 0) is 9.84 Å². The summed E-state index contributed by atoms with van der Waals surface area (Å²) in [5.74, 6) is -1.28. The van der Waals surface area contributed by atoms with Gasteiger partial charge in [-0.05, 0) is 0 Å². The average Bonchev–Trinajstić information content (AvgIpc) is 2.29. The molecule has 5 nitrogen and oxygen atoms in total. The van der Waals surface area contributed by atoms with E-state index < -0.39 is 15.8 Å². The smallest absolute Gasteiger partial charge is 0.349 e. The predicted molar refractivity (Wildman–Crippen MR) is 47.2 cm³/mol. The van der Waals surface area contributed by atoms with Crippen molar-refractivity contribution in [3.05, 3.63) is 10.0 Å². The third-order valence-corrected chi connectivity index (χ3v) is 4.19. The van der Waals surface area contributed by atoms with Crippen molar-refractivity contribution in [3.8, 4) is 0 Å². The number of hydrogen-bond donors (Lipinski definition) is 1. The molecule has 0 bridgehead atoms. The van der Waals surface area contributed by atoms with E-state index in [0.29, 0.717) is 11.3 Å². The first-order valence-electron chi connectivity index (χ1n) is 2.92. The fourth-order valence-electron chi connectivity index (χ4n) is 0.574. The molecular formula is C5H4ClNO4S2. The van der Waals surface area contributed by atoms with E-state index in [1.807, 2.05) is 0 Å². The van der Waals surface area contributed by atoms with E-state index in [9.17, 15) is 13.2 Å². The second-order valence-electron chi connectivity index (χ2n) is 2.18. The first kappa shape index (κ1) is 10.4. The highest BCUT2D eigenvalue weighted by molar-refractivity contribution is 7.92. The molecule has 0 unspecified atom stereocenters. The van der Waals surface area contributed by atoms with Gasteiger partial charge in [-0.3, -0.25) is 0 Å². The average molecular weight is 242 g/mol. The summed E-state index contributed by atoms with van der Waals surface area (Å²) in [5, 5.41) is 8.24. The minimum absolute atomic E-state index is 0.262. The van der Waals surface area contributed by atoms with Crippen LogP contribution in [0.15, 0.2) is 4.34 Å². The molecule has 0 amide bonds. The van der Waals surface area contributed by atoms with Crippen molar-refractivity contribution in [1.82, 2.24) is 4.98 Å². The van der Waals surface area contributed by atoms with Gasteiger partial charge in [0.15, 0.2) is 10.0 Å². The summed E-state index contributed by atoms with van der Waals surface area (Å²) in [5.41, 5.74) is 0. The maximum absolute atomic E-state index is 10.9. The van der Waals surface area contributed by atoms with Crippen LogP contribution in [0.1, 0.15) is 9.67 Å². The third-order valence-electron chi connectivity index (χ3n) is 1.08. The molecule has 0 aromatic carbocycles. The molecule has 0 aliphatic rings. The molecule has 0 spiro atoms. The fourth-order valence-corrected chi connectivity index (χ4v) is 2.60. The quantitative estimate of drug-likeness (QED) is 0.832. The van der Waals surface area contributed by atoms with Crippen molar-refractivity contribution in [1.29, 1.82) is 0 Å². The van der Waals surface area contributed by atoms with Crippen molar-refractivity contribution >= 4 is 38.7 Å². The molecule has 1 rings (SSSR count). The number of aromatic carboxylic acids is 1. The number of halogens is 1. The Hall–Kier alpha value is -0.660. The molecule has 0 saturated heterocycles. The number of nitrogens with zero attached hydrogens (tertiary/aromatic N) is 1. The first-order valence-corrected chi connectivity index (χ1v) is 6.00. The summed E-state index contributed by atoms with van der Waals surface area (Å²) in [6.07, 6.45) is 0.938. The summed E-state index contributed by atoms with van der Waals surface area (Å²) in [6, 6.07) is 0. The lowest BCUT2D eigenvalue weighted by Gasteiger charge is -1.85. The molecule has 0 saturated carbocycles. The monoisotopic (exact) mass is 241 g/mol. The summed E-state index contributed by atoms with van der Waals surface area (Å²) >= 11 is 5.94. The van der Waals surface area contributed by atoms with E-state index in [1.54, 1.807) is 0 Å². The van der Waals surface area contributed by atoms with Crippen LogP contribution in [0.3, 0.4) is 0 Å². The van der Waals surface area contributed by atoms with Crippen LogP contribution in [0.4, 0.5) is 0 Å². The number of thiazole rings is 1. The molecule has 0 radical (unpaired) electrons. The number of carboxylic acids is 1. The minimum Gasteiger partial charge on any atom is -0.477 e. The molecule has 0 aliphatic heterocycles. The zero-order valence-corrected chi connectivity index (χ0v) is 8.70. The van der Waals surface area contributed by atoms with Crippen LogP contribution in [0.25, 0.3) is 0 Å². The predicted octanol–water partition coefficient (Wildman–Crippen LogP) is 0.898. The number of aromatic nitrogens is 1. The molecule has 1 aromatic rings. The highest BCUT2D eigenvalue weighted by Crippen LogP contribution is 2.25. The van der Waals surface area contributed by atoms with Crippen molar-refractivity contribution in [2.75, 3.05) is 6.26 Å². The minimum atomic E-state index is -3.48. The van der Waals surface area contributed by atoms with Gasteiger partial charge in [-0.2, -0.15) is 0 Å². The van der Waals surface area contributed by atoms with Crippen LogP contribution < -0.4 is 0 Å². The van der Waals surface area contributed by atoms with Crippen molar-refractivity contribution in [3.63, 3.8) is 0 Å². The van der Waals surface area contributed by atoms with Gasteiger partial charge < -0.3 is 5.11 Å². The van der Waals surface area contributed by atoms with Gasteiger partial charge in [0.05, 0.1) is 0 Å². The highest BCUT2D eigenvalue weighted by Gasteiger charge is 2.20. The van der Waals surface area contributed by atoms with Gasteiger partial charge in [0.25, 0.3) is 0 Å². The molecule has 1 N–H and O–H groups in total. The van der Waals surface area contributed by atoms with Crippen LogP contribution in [0, 0.1) is 0 Å². The Morgan fingerprint density at radius 3 is 2.38 bits per heavy atom. The van der Waals surface area contributed by atoms with E-state index in [1.165, 1.54) is 0 Å². The van der Waals surface area contributed by atoms with Gasteiger partial charge in [0, 0.05) is 6.26 Å². The lowest BCUT2D eigenvalue weighted by molar-refractivity contribution is 0.0702. The van der Waals surface area contributed by atoms with Gasteiger partial charge in [-0.25, -0.2) is 18.2 Å². The fraction of sp³-hybridized carbons (Fsp3) is 0.200. The second kappa shape index (κ2) is 3.24. The molecule has 0 atom stereocenters. The molecule has 0 fully saturated rings. The number of carboxylic acid groups (broad SMARTS) is 1. The molecule has 1 aromatic heterocycles. The van der Waals surface area contributed by atoms with E-state index in [0.717, 1.165) is 6.26 Å². The lowest BCUT2D eigenvalue weighted by atomic mass is 10.6. The summed E-state index contributed by atoms with van der Waals surface area (Å²) in [4.78, 5) is 13.6. The Kier molecular flexibility index (Phi) is 2.60. The van der Waals surface area contributed by atoms with Crippen LogP contribution in [-0.4, -0.2) is 30.7 Å². The number of hydrogen-bond acceptors (Lipinski definition) is 5. The Bertz CT molecular complexity index is 449. The van der Waals surface area contributed by atoms with Crippen molar-refractivity contribution in [2.24, 2.45) is 0 Å². The second-order valence-corrected chi connectivity index (χ2v) is 5.72. The molecular weight excluding hydrogens is 238 g/mol. The summed E-state index contributed by atoms with van der Waals surface area (Å²) < 4.78 is 21.6. The largest absolute Gasteiger partial charge is 0.477 e. The van der Waals surface area contributed by atoms with E-state index >= 15 is 0 Å². The first-order chi connectivity index (χ1) is 5.82. The van der Waals surface area contributed by atoms with E-state index in [-0.39, 0.29) is 14.4 Å². The maximum atomic E-state index is 10.9. The highest BCUT2D eigenvalue weighted by atomic mass is 35.5. The topological polar surface area (TPSA) is 84.3 Å². The number of carbonyl (C=O) groups is 1. The Morgan fingerprint density at radius 1 is 1.62 bits per heavy atom. The van der Waals surface area contributed by atoms with Gasteiger partial charge in [0.2, 0.25) is 14.2 Å². The van der Waals surface area contributed by atoms with E-state index in [4.69, 9.17) is 16.7 Å². The third kappa shape index (κ3) is 2.17. The molecule has 13 heavy (non-hydrogen) atoms. The number of rotatable bonds is 2. The Balaban J connectivity index is 3.33. The normalized spacial score (nSPS) is 11.5. The Labute approximate surface area is 82.9 Å². The summed E-state index contributed by atoms with van der Waals surface area (Å²) in [6.45, 7) is 0. The van der Waals surface area contributed by atoms with Crippen LogP contribution in [0.2, 0.25) is 5.15 Å². The molecule has 1 heterocycles. The van der Waals surface area contributed by atoms with Gasteiger partial charge in [-0.15, -0.1) is 0 Å². The standard InChI is InChI=1S/C5H4ClNO4S2/c1-13(10,11)5-7-3(6)2(12-5)4(8)9/h1H3,(H,8,9). The zero-order chi connectivity index (χ0) is 10.2. The van der Waals surface area contributed by atoms with E-state index in [2.05, 4.69) is 4.98 Å². The molecule has 0 aliphatic carbocycles. The van der Waals surface area contributed by atoms with Gasteiger partial charge in [-0.1, -0.05) is 22.9 Å². The maximum Gasteiger partial charge on any atom is 0.349 e. The molecule has 8 heteroatoms. The van der Waals surface area contributed by atoms with Crippen molar-refractivity contribution < 1.29 is 18.3 Å². The SMILES string of the molecule is CS(=O)(=O)c1nc(Cl)c(C(=O)O)s1. The zero-order valence-electron chi connectivity index (χ0n) is 6.31. The summed E-state index contributed by atoms with van der Waals surface area (Å²) in [7, 11) is -3.48. The van der Waals surface area contributed by atoms with Crippen LogP contribution in [0.5, 0.6) is 0 Å². The van der Waals surface area contributed by atoms with Gasteiger partial charge in [0.1, 0.15) is 0 Å². The van der Waals surface area contributed by atoms with Crippen LogP contribution >= 0.6 is 22.9 Å². The lowest BCUT2D eigenvalue weighted by Crippen LogP contribution is -1.94. The Morgan fingerprint density at radius 2 is 2.15 bits per heavy atom. The number of sulfone groups is 1. The van der Waals surface area contributed by atoms with Crippen molar-refractivity contribution in [2.45, 2.75) is 4.34 Å². The van der Waals surface area contributed by atoms with Gasteiger partial charge >= 0.3 is 5.97 Å². The molecule has 72 valence electrons.